The van der Waals surface area contributed by atoms with Crippen LogP contribution in [-0.2, 0) is 4.79 Å². The Morgan fingerprint density at radius 3 is 2.80 bits per heavy atom. The summed E-state index contributed by atoms with van der Waals surface area (Å²) in [6, 6.07) is 5.41. The van der Waals surface area contributed by atoms with E-state index in [1.165, 1.54) is 12.8 Å². The van der Waals surface area contributed by atoms with E-state index in [4.69, 9.17) is 4.74 Å². The van der Waals surface area contributed by atoms with E-state index < -0.39 is 6.10 Å². The van der Waals surface area contributed by atoms with Crippen LogP contribution in [0.25, 0.3) is 0 Å². The van der Waals surface area contributed by atoms with Crippen molar-refractivity contribution in [2.75, 3.05) is 0 Å². The molecule has 1 aliphatic rings. The van der Waals surface area contributed by atoms with Gasteiger partial charge >= 0.3 is 0 Å². The Kier molecular flexibility index (Phi) is 5.17. The van der Waals surface area contributed by atoms with E-state index in [0.717, 1.165) is 23.6 Å². The summed E-state index contributed by atoms with van der Waals surface area (Å²) in [5.41, 5.74) is 0.430. The lowest BCUT2D eigenvalue weighted by Crippen LogP contribution is -2.41. The summed E-state index contributed by atoms with van der Waals surface area (Å²) in [5.74, 6) is 0.300. The predicted molar refractivity (Wildman–Crippen MR) is 80.0 cm³/mol. The number of carbonyl (C=O) groups excluding carboxylic acids is 2. The molecule has 0 bridgehead atoms. The Labute approximate surface area is 127 Å². The maximum atomic E-state index is 12.0. The lowest BCUT2D eigenvalue weighted by molar-refractivity contribution is -0.127. The van der Waals surface area contributed by atoms with E-state index in [2.05, 4.69) is 21.2 Å². The van der Waals surface area contributed by atoms with E-state index in [-0.39, 0.29) is 11.9 Å². The lowest BCUT2D eigenvalue weighted by atomic mass is 10.2. The Balaban J connectivity index is 1.97. The fraction of sp³-hybridized carbons (Fsp3) is 0.467. The minimum absolute atomic E-state index is 0.128. The maximum Gasteiger partial charge on any atom is 0.260 e. The summed E-state index contributed by atoms with van der Waals surface area (Å²) in [5, 5.41) is 2.99. The molecule has 0 spiro atoms. The molecule has 20 heavy (non-hydrogen) atoms. The first-order valence-corrected chi connectivity index (χ1v) is 7.61. The third-order valence-corrected chi connectivity index (χ3v) is 3.97. The minimum Gasteiger partial charge on any atom is -0.480 e. The largest absolute Gasteiger partial charge is 0.480 e. The number of benzene rings is 1. The van der Waals surface area contributed by atoms with E-state index >= 15 is 0 Å². The van der Waals surface area contributed by atoms with Crippen molar-refractivity contribution in [1.82, 2.24) is 5.32 Å². The molecule has 2 rings (SSSR count). The first-order valence-electron chi connectivity index (χ1n) is 6.82. The monoisotopic (exact) mass is 339 g/mol. The second kappa shape index (κ2) is 6.88. The van der Waals surface area contributed by atoms with Gasteiger partial charge in [0.25, 0.3) is 5.91 Å². The van der Waals surface area contributed by atoms with Crippen molar-refractivity contribution in [1.29, 1.82) is 0 Å². The number of carbonyl (C=O) groups is 2. The molecule has 5 heteroatoms. The van der Waals surface area contributed by atoms with Crippen molar-refractivity contribution in [3.8, 4) is 5.75 Å². The molecule has 108 valence electrons. The molecule has 1 aromatic rings. The minimum atomic E-state index is -0.615. The summed E-state index contributed by atoms with van der Waals surface area (Å²) in [6.45, 7) is 1.70. The molecular formula is C15H18BrNO3. The van der Waals surface area contributed by atoms with Gasteiger partial charge in [0, 0.05) is 10.5 Å². The molecule has 0 saturated heterocycles. The Bertz CT molecular complexity index is 498. The first kappa shape index (κ1) is 15.0. The van der Waals surface area contributed by atoms with E-state index in [1.54, 1.807) is 25.1 Å². The van der Waals surface area contributed by atoms with Crippen molar-refractivity contribution in [3.63, 3.8) is 0 Å². The van der Waals surface area contributed by atoms with Gasteiger partial charge in [0.15, 0.2) is 12.4 Å². The molecule has 1 saturated carbocycles. The Hall–Kier alpha value is -1.36. The average Bonchev–Trinajstić information content (AvgIpc) is 2.93. The number of hydrogen-bond donors (Lipinski definition) is 1. The van der Waals surface area contributed by atoms with Gasteiger partial charge in [-0.25, -0.2) is 0 Å². The van der Waals surface area contributed by atoms with Crippen LogP contribution in [0.15, 0.2) is 22.7 Å². The Morgan fingerprint density at radius 2 is 2.15 bits per heavy atom. The van der Waals surface area contributed by atoms with E-state index in [1.807, 2.05) is 0 Å². The number of ether oxygens (including phenoxy) is 1. The molecule has 1 aromatic carbocycles. The van der Waals surface area contributed by atoms with Crippen LogP contribution in [0.5, 0.6) is 5.75 Å². The van der Waals surface area contributed by atoms with Crippen LogP contribution in [0.4, 0.5) is 0 Å². The SMILES string of the molecule is C[C@H](Oc1ccc(Br)cc1C=O)C(=O)NC1CCCC1. The van der Waals surface area contributed by atoms with Crippen LogP contribution >= 0.6 is 15.9 Å². The topological polar surface area (TPSA) is 55.4 Å². The van der Waals surface area contributed by atoms with E-state index in [0.29, 0.717) is 11.3 Å². The van der Waals surface area contributed by atoms with Crippen LogP contribution in [0.3, 0.4) is 0 Å². The second-order valence-electron chi connectivity index (χ2n) is 5.05. The Morgan fingerprint density at radius 1 is 1.45 bits per heavy atom. The molecule has 1 fully saturated rings. The third-order valence-electron chi connectivity index (χ3n) is 3.47. The van der Waals surface area contributed by atoms with Crippen molar-refractivity contribution in [2.45, 2.75) is 44.8 Å². The molecule has 0 heterocycles. The van der Waals surface area contributed by atoms with Crippen molar-refractivity contribution < 1.29 is 14.3 Å². The number of halogens is 1. The van der Waals surface area contributed by atoms with Crippen molar-refractivity contribution >= 4 is 28.1 Å². The fourth-order valence-corrected chi connectivity index (χ4v) is 2.73. The maximum absolute atomic E-state index is 12.0. The molecule has 0 radical (unpaired) electrons. The summed E-state index contributed by atoms with van der Waals surface area (Å²) >= 11 is 3.30. The number of amides is 1. The second-order valence-corrected chi connectivity index (χ2v) is 5.97. The van der Waals surface area contributed by atoms with Gasteiger partial charge in [-0.1, -0.05) is 28.8 Å². The van der Waals surface area contributed by atoms with Gasteiger partial charge in [-0.15, -0.1) is 0 Å². The molecule has 0 aliphatic heterocycles. The van der Waals surface area contributed by atoms with Gasteiger partial charge < -0.3 is 10.1 Å². The molecule has 1 N–H and O–H groups in total. The molecule has 4 nitrogen and oxygen atoms in total. The number of nitrogens with one attached hydrogen (secondary N) is 1. The zero-order valence-corrected chi connectivity index (χ0v) is 13.0. The highest BCUT2D eigenvalue weighted by Gasteiger charge is 2.22. The van der Waals surface area contributed by atoms with Crippen molar-refractivity contribution in [3.05, 3.63) is 28.2 Å². The summed E-state index contributed by atoms with van der Waals surface area (Å²) in [4.78, 5) is 23.0. The number of aldehydes is 1. The van der Waals surface area contributed by atoms with Gasteiger partial charge in [-0.2, -0.15) is 0 Å². The van der Waals surface area contributed by atoms with Gasteiger partial charge in [0.2, 0.25) is 0 Å². The van der Waals surface area contributed by atoms with Crippen molar-refractivity contribution in [2.24, 2.45) is 0 Å². The van der Waals surface area contributed by atoms with E-state index in [9.17, 15) is 9.59 Å². The molecule has 1 amide bonds. The van der Waals surface area contributed by atoms with Crippen LogP contribution < -0.4 is 10.1 Å². The average molecular weight is 340 g/mol. The highest BCUT2D eigenvalue weighted by molar-refractivity contribution is 9.10. The van der Waals surface area contributed by atoms with Gasteiger partial charge in [0.1, 0.15) is 5.75 Å². The van der Waals surface area contributed by atoms with Gasteiger partial charge in [-0.05, 0) is 38.0 Å². The molecular weight excluding hydrogens is 322 g/mol. The van der Waals surface area contributed by atoms with Gasteiger partial charge in [-0.3, -0.25) is 9.59 Å². The molecule has 0 unspecified atom stereocenters. The fourth-order valence-electron chi connectivity index (χ4n) is 2.35. The number of hydrogen-bond acceptors (Lipinski definition) is 3. The van der Waals surface area contributed by atoms with Crippen LogP contribution in [0.1, 0.15) is 43.0 Å². The molecule has 0 aromatic heterocycles. The lowest BCUT2D eigenvalue weighted by Gasteiger charge is -2.18. The zero-order valence-electron chi connectivity index (χ0n) is 11.4. The third kappa shape index (κ3) is 3.82. The highest BCUT2D eigenvalue weighted by Crippen LogP contribution is 2.23. The van der Waals surface area contributed by atoms with Gasteiger partial charge in [0.05, 0.1) is 5.56 Å². The number of rotatable bonds is 5. The quantitative estimate of drug-likeness (QED) is 0.838. The standard InChI is InChI=1S/C15H18BrNO3/c1-10(15(19)17-13-4-2-3-5-13)20-14-7-6-12(16)8-11(14)9-18/h6-10,13H,2-5H2,1H3,(H,17,19)/t10-/m0/s1. The normalized spacial score (nSPS) is 16.7. The van der Waals surface area contributed by atoms with Crippen LogP contribution in [0, 0.1) is 0 Å². The van der Waals surface area contributed by atoms with Crippen LogP contribution in [0.2, 0.25) is 0 Å². The zero-order chi connectivity index (χ0) is 14.5. The first-order chi connectivity index (χ1) is 9.60. The summed E-state index contributed by atoms with van der Waals surface area (Å²) in [6.07, 6.45) is 4.52. The summed E-state index contributed by atoms with van der Waals surface area (Å²) < 4.78 is 6.40. The molecule has 1 atom stereocenters. The predicted octanol–water partition coefficient (Wildman–Crippen LogP) is 3.09. The summed E-state index contributed by atoms with van der Waals surface area (Å²) in [7, 11) is 0. The smallest absolute Gasteiger partial charge is 0.260 e. The van der Waals surface area contributed by atoms with Crippen LogP contribution in [-0.4, -0.2) is 24.3 Å². The molecule has 1 aliphatic carbocycles. The highest BCUT2D eigenvalue weighted by atomic mass is 79.9.